The molecular weight excluding hydrogens is 364 g/mol. The minimum absolute atomic E-state index is 0.190. The number of hydrogen-bond acceptors (Lipinski definition) is 0. The van der Waals surface area contributed by atoms with Gasteiger partial charge in [0.2, 0.25) is 0 Å². The van der Waals surface area contributed by atoms with Gasteiger partial charge in [-0.15, -0.1) is 0 Å². The van der Waals surface area contributed by atoms with E-state index < -0.39 is 0 Å². The molecule has 0 atom stereocenters. The first-order valence-corrected chi connectivity index (χ1v) is 17.4. The summed E-state index contributed by atoms with van der Waals surface area (Å²) in [6, 6.07) is 4.94. The van der Waals surface area contributed by atoms with Crippen molar-refractivity contribution in [3.05, 3.63) is 34.6 Å². The fourth-order valence-corrected chi connectivity index (χ4v) is 0.833. The zero-order valence-electron chi connectivity index (χ0n) is 6.45. The maximum atomic E-state index is 12.6. The van der Waals surface area contributed by atoms with E-state index in [0.717, 1.165) is 0 Å². The summed E-state index contributed by atoms with van der Waals surface area (Å²) >= 11 is 11.7. The molecule has 0 aliphatic carbocycles. The summed E-state index contributed by atoms with van der Waals surface area (Å²) in [7, 11) is 0. The van der Waals surface area contributed by atoms with E-state index in [-0.39, 0.29) is 24.0 Å². The van der Waals surface area contributed by atoms with Crippen molar-refractivity contribution in [2.24, 2.45) is 0 Å². The van der Waals surface area contributed by atoms with Crippen LogP contribution in [0.25, 0.3) is 0 Å². The molecule has 0 radical (unpaired) electrons. The Morgan fingerprint density at radius 2 is 1.92 bits per heavy atom. The van der Waals surface area contributed by atoms with Crippen LogP contribution in [0.2, 0.25) is 5.02 Å². The second-order valence-corrected chi connectivity index (χ2v) is 16.4. The van der Waals surface area contributed by atoms with E-state index in [9.17, 15) is 4.39 Å². The van der Waals surface area contributed by atoms with Crippen molar-refractivity contribution in [2.75, 3.05) is 0 Å². The molecule has 1 aromatic carbocycles. The van der Waals surface area contributed by atoms with Crippen LogP contribution in [-0.4, -0.2) is 0 Å². The average Bonchev–Trinajstić information content (AvgIpc) is 2.02. The molecule has 1 aromatic rings. The molecule has 64 valence electrons. The van der Waals surface area contributed by atoms with Gasteiger partial charge in [0, 0.05) is 0 Å². The number of rotatable bonds is 0. The Kier molecular flexibility index (Phi) is 8.06. The second-order valence-electron chi connectivity index (χ2n) is 1.97. The standard InChI is InChI=1S/C7H6ClF.2BrH.Zn/c1-5-3-2-4-6(8)7(5)9;;;/h2-4H,1H3;2*1H;/q;;;+2/p-2. The quantitative estimate of drug-likeness (QED) is 0.592. The van der Waals surface area contributed by atoms with E-state index in [4.69, 9.17) is 11.6 Å². The Bertz CT molecular complexity index is 225. The van der Waals surface area contributed by atoms with Gasteiger partial charge in [-0.2, -0.15) is 0 Å². The van der Waals surface area contributed by atoms with Crippen LogP contribution in [0, 0.1) is 12.7 Å². The molecule has 0 N–H and O–H groups in total. The van der Waals surface area contributed by atoms with Crippen LogP contribution in [0.3, 0.4) is 0 Å². The summed E-state index contributed by atoms with van der Waals surface area (Å²) < 4.78 is 12.6. The van der Waals surface area contributed by atoms with Crippen molar-refractivity contribution in [3.8, 4) is 0 Å². The summed E-state index contributed by atoms with van der Waals surface area (Å²) in [5.74, 6) is -0.320. The molecule has 0 bridgehead atoms. The SMILES string of the molecule is Cc1cccc(Cl)c1F.[Br][Zn][Br]. The minimum atomic E-state index is -0.320. The van der Waals surface area contributed by atoms with Crippen LogP contribution in [0.5, 0.6) is 0 Å². The van der Waals surface area contributed by atoms with Gasteiger partial charge in [0.15, 0.2) is 0 Å². The molecule has 0 aliphatic heterocycles. The van der Waals surface area contributed by atoms with Crippen molar-refractivity contribution < 1.29 is 17.6 Å². The van der Waals surface area contributed by atoms with Gasteiger partial charge in [0.25, 0.3) is 0 Å². The Balaban J connectivity index is 0.000000354. The molecule has 0 spiro atoms. The molecule has 0 unspecified atom stereocenters. The molecule has 0 nitrogen and oxygen atoms in total. The molecule has 0 heterocycles. The molecule has 12 heavy (non-hydrogen) atoms. The fraction of sp³-hybridized carbons (Fsp3) is 0.143. The molecule has 0 fully saturated rings. The zero-order valence-corrected chi connectivity index (χ0v) is 13.3. The number of benzene rings is 1. The van der Waals surface area contributed by atoms with Crippen LogP contribution in [-0.2, 0) is 13.2 Å². The average molecular weight is 370 g/mol. The Hall–Kier alpha value is 1.02. The van der Waals surface area contributed by atoms with Crippen LogP contribution in [0.1, 0.15) is 5.56 Å². The maximum absolute atomic E-state index is 12.6. The van der Waals surface area contributed by atoms with Crippen LogP contribution >= 0.6 is 38.8 Å². The van der Waals surface area contributed by atoms with Crippen molar-refractivity contribution in [2.45, 2.75) is 6.92 Å². The van der Waals surface area contributed by atoms with Crippen molar-refractivity contribution in [3.63, 3.8) is 0 Å². The number of aryl methyl sites for hydroxylation is 1. The molecule has 0 amide bonds. The molecule has 0 saturated carbocycles. The van der Waals surface area contributed by atoms with E-state index >= 15 is 0 Å². The van der Waals surface area contributed by atoms with E-state index in [1.165, 1.54) is 6.07 Å². The summed E-state index contributed by atoms with van der Waals surface area (Å²) in [5.41, 5.74) is 0.586. The number of halogens is 4. The van der Waals surface area contributed by atoms with Gasteiger partial charge in [-0.3, -0.25) is 0 Å². The van der Waals surface area contributed by atoms with Gasteiger partial charge in [-0.05, 0) is 18.6 Å². The van der Waals surface area contributed by atoms with Gasteiger partial charge in [0.05, 0.1) is 5.02 Å². The van der Waals surface area contributed by atoms with Crippen LogP contribution in [0.4, 0.5) is 4.39 Å². The zero-order chi connectivity index (χ0) is 9.56. The summed E-state index contributed by atoms with van der Waals surface area (Å²) in [6.07, 6.45) is 0. The van der Waals surface area contributed by atoms with Crippen molar-refractivity contribution in [1.82, 2.24) is 0 Å². The monoisotopic (exact) mass is 366 g/mol. The molecule has 0 saturated heterocycles. The third kappa shape index (κ3) is 4.91. The molecule has 0 aromatic heterocycles. The molecule has 5 heteroatoms. The Labute approximate surface area is 97.2 Å². The van der Waals surface area contributed by atoms with E-state index in [2.05, 4.69) is 27.2 Å². The second kappa shape index (κ2) is 7.43. The Morgan fingerprint density at radius 1 is 1.42 bits per heavy atom. The Morgan fingerprint density at radius 3 is 2.25 bits per heavy atom. The summed E-state index contributed by atoms with van der Waals surface area (Å²) in [5, 5.41) is 0.190. The summed E-state index contributed by atoms with van der Waals surface area (Å²) in [6.45, 7) is 1.68. The van der Waals surface area contributed by atoms with E-state index in [1.807, 2.05) is 0 Å². The first-order chi connectivity index (χ1) is 5.63. The van der Waals surface area contributed by atoms with Crippen LogP contribution < -0.4 is 0 Å². The molecule has 0 aliphatic rings. The first-order valence-electron chi connectivity index (χ1n) is 3.16. The first kappa shape index (κ1) is 13.0. The van der Waals surface area contributed by atoms with Crippen molar-refractivity contribution >= 4 is 38.8 Å². The van der Waals surface area contributed by atoms with Gasteiger partial charge in [-0.1, -0.05) is 23.7 Å². The fourth-order valence-electron chi connectivity index (χ4n) is 0.612. The third-order valence-electron chi connectivity index (χ3n) is 1.14. The summed E-state index contributed by atoms with van der Waals surface area (Å²) in [4.78, 5) is 0. The predicted octanol–water partition coefficient (Wildman–Crippen LogP) is 4.48. The van der Waals surface area contributed by atoms with Gasteiger partial charge >= 0.3 is 40.5 Å². The van der Waals surface area contributed by atoms with E-state index in [0.29, 0.717) is 5.56 Å². The molecule has 1 rings (SSSR count). The van der Waals surface area contributed by atoms with Gasteiger partial charge in [0.1, 0.15) is 5.82 Å². The molecular formula is C7H6Br2ClFZn. The van der Waals surface area contributed by atoms with Gasteiger partial charge < -0.3 is 0 Å². The predicted molar refractivity (Wildman–Crippen MR) is 54.0 cm³/mol. The number of hydrogen-bond donors (Lipinski definition) is 0. The van der Waals surface area contributed by atoms with Crippen LogP contribution in [0.15, 0.2) is 18.2 Å². The normalized spacial score (nSPS) is 8.08. The van der Waals surface area contributed by atoms with E-state index in [1.54, 1.807) is 19.1 Å². The van der Waals surface area contributed by atoms with Crippen molar-refractivity contribution in [1.29, 1.82) is 0 Å². The third-order valence-corrected chi connectivity index (χ3v) is 1.44. The van der Waals surface area contributed by atoms with Gasteiger partial charge in [-0.25, -0.2) is 4.39 Å². The topological polar surface area (TPSA) is 0 Å².